The van der Waals surface area contributed by atoms with Crippen molar-refractivity contribution in [1.29, 1.82) is 0 Å². The second-order valence-corrected chi connectivity index (χ2v) is 7.59. The van der Waals surface area contributed by atoms with Crippen LogP contribution in [0.4, 0.5) is 16.2 Å². The number of nitrogens with zero attached hydrogens (tertiary/aromatic N) is 2. The van der Waals surface area contributed by atoms with Crippen molar-refractivity contribution in [3.63, 3.8) is 0 Å². The minimum atomic E-state index is -1.16. The molecule has 0 bridgehead atoms. The van der Waals surface area contributed by atoms with Gasteiger partial charge in [-0.05, 0) is 48.2 Å². The highest BCUT2D eigenvalue weighted by Crippen LogP contribution is 2.34. The number of carbonyl (C=O) groups is 4. The molecule has 0 radical (unpaired) electrons. The fourth-order valence-electron chi connectivity index (χ4n) is 2.79. The lowest BCUT2D eigenvalue weighted by Gasteiger charge is -2.20. The van der Waals surface area contributed by atoms with Gasteiger partial charge in [-0.25, -0.2) is 9.69 Å². The van der Waals surface area contributed by atoms with Crippen molar-refractivity contribution in [2.24, 2.45) is 0 Å². The van der Waals surface area contributed by atoms with Crippen LogP contribution in [-0.4, -0.2) is 40.4 Å². The molecular formula is C19H15ClN2O5S. The summed E-state index contributed by atoms with van der Waals surface area (Å²) in [5, 5.41) is 8.40. The molecule has 2 aromatic rings. The van der Waals surface area contributed by atoms with E-state index in [0.29, 0.717) is 10.7 Å². The third kappa shape index (κ3) is 3.88. The van der Waals surface area contributed by atoms with Gasteiger partial charge in [0.15, 0.2) is 0 Å². The molecule has 0 aromatic heterocycles. The zero-order valence-electron chi connectivity index (χ0n) is 14.7. The van der Waals surface area contributed by atoms with Crippen molar-refractivity contribution in [3.8, 4) is 0 Å². The molecule has 1 aliphatic heterocycles. The van der Waals surface area contributed by atoms with Crippen LogP contribution in [0.1, 0.15) is 16.8 Å². The topological polar surface area (TPSA) is 95.0 Å². The predicted molar refractivity (Wildman–Crippen MR) is 107 cm³/mol. The third-order valence-electron chi connectivity index (χ3n) is 4.24. The highest BCUT2D eigenvalue weighted by Gasteiger charge is 2.42. The Hall–Kier alpha value is -2.84. The number of hydrogen-bond donors (Lipinski definition) is 1. The number of carboxylic acid groups (broad SMARTS) is 1. The van der Waals surface area contributed by atoms with Crippen LogP contribution in [0.5, 0.6) is 0 Å². The molecule has 7 nitrogen and oxygen atoms in total. The van der Waals surface area contributed by atoms with Gasteiger partial charge in [-0.15, -0.1) is 0 Å². The van der Waals surface area contributed by atoms with Gasteiger partial charge < -0.3 is 10.0 Å². The van der Waals surface area contributed by atoms with Crippen LogP contribution in [0, 0.1) is 0 Å². The maximum atomic E-state index is 12.7. The molecule has 1 fully saturated rings. The van der Waals surface area contributed by atoms with E-state index in [-0.39, 0.29) is 17.7 Å². The molecule has 3 rings (SSSR count). The van der Waals surface area contributed by atoms with Crippen molar-refractivity contribution in [2.75, 3.05) is 16.8 Å². The summed E-state index contributed by atoms with van der Waals surface area (Å²) in [4.78, 5) is 51.1. The second-order valence-electron chi connectivity index (χ2n) is 6.00. The molecule has 1 saturated heterocycles. The molecule has 3 amide bonds. The minimum Gasteiger partial charge on any atom is -0.478 e. The number of anilines is 2. The number of aromatic carboxylic acids is 1. The Morgan fingerprint density at radius 3 is 2.43 bits per heavy atom. The average molecular weight is 419 g/mol. The van der Waals surface area contributed by atoms with Crippen molar-refractivity contribution in [3.05, 3.63) is 59.1 Å². The first-order chi connectivity index (χ1) is 13.3. The second kappa shape index (κ2) is 8.04. The number of rotatable bonds is 5. The summed E-state index contributed by atoms with van der Waals surface area (Å²) in [6.07, 6.45) is -0.232. The Bertz CT molecular complexity index is 963. The number of carbonyl (C=O) groups excluding carboxylic acids is 3. The first kappa shape index (κ1) is 19.9. The van der Waals surface area contributed by atoms with Gasteiger partial charge in [0.1, 0.15) is 5.25 Å². The molecule has 0 spiro atoms. The van der Waals surface area contributed by atoms with E-state index in [9.17, 15) is 24.3 Å². The van der Waals surface area contributed by atoms with Crippen LogP contribution in [0.25, 0.3) is 0 Å². The predicted octanol–water partition coefficient (Wildman–Crippen LogP) is 3.66. The lowest BCUT2D eigenvalue weighted by atomic mass is 10.1. The maximum absolute atomic E-state index is 12.7. The lowest BCUT2D eigenvalue weighted by molar-refractivity contribution is -0.122. The normalized spacial score (nSPS) is 16.4. The molecule has 28 heavy (non-hydrogen) atoms. The highest BCUT2D eigenvalue weighted by atomic mass is 35.5. The number of carboxylic acids is 1. The van der Waals surface area contributed by atoms with Crippen molar-refractivity contribution < 1.29 is 24.3 Å². The summed E-state index contributed by atoms with van der Waals surface area (Å²) < 4.78 is 0. The van der Waals surface area contributed by atoms with E-state index in [4.69, 9.17) is 11.6 Å². The Morgan fingerprint density at radius 2 is 1.79 bits per heavy atom. The number of benzene rings is 2. The Morgan fingerprint density at radius 1 is 1.14 bits per heavy atom. The molecular weight excluding hydrogens is 404 g/mol. The van der Waals surface area contributed by atoms with E-state index >= 15 is 0 Å². The zero-order chi connectivity index (χ0) is 20.4. The Balaban J connectivity index is 1.76. The highest BCUT2D eigenvalue weighted by molar-refractivity contribution is 8.15. The number of amides is 3. The molecule has 0 aliphatic carbocycles. The summed E-state index contributed by atoms with van der Waals surface area (Å²) in [7, 11) is 1.44. The SMILES string of the molecule is CN(C(=O)CC1SC(=O)N(c2ccc(Cl)cc2)C1=O)c1ccccc1C(=O)O. The molecule has 1 atom stereocenters. The molecule has 2 aromatic carbocycles. The Kier molecular flexibility index (Phi) is 5.71. The largest absolute Gasteiger partial charge is 0.478 e. The van der Waals surface area contributed by atoms with Gasteiger partial charge in [-0.3, -0.25) is 14.4 Å². The Labute approximate surface area is 169 Å². The average Bonchev–Trinajstić information content (AvgIpc) is 2.95. The smallest absolute Gasteiger partial charge is 0.337 e. The van der Waals surface area contributed by atoms with Crippen molar-refractivity contribution in [2.45, 2.75) is 11.7 Å². The van der Waals surface area contributed by atoms with Gasteiger partial charge in [-0.1, -0.05) is 23.7 Å². The van der Waals surface area contributed by atoms with Gasteiger partial charge >= 0.3 is 5.97 Å². The quantitative estimate of drug-likeness (QED) is 0.796. The number of thioether (sulfide) groups is 1. The van der Waals surface area contributed by atoms with Crippen LogP contribution >= 0.6 is 23.4 Å². The molecule has 1 N–H and O–H groups in total. The number of para-hydroxylation sites is 1. The standard InChI is InChI=1S/C19H15ClN2O5S/c1-21(14-5-3-2-4-13(14)18(25)26)16(23)10-15-17(24)22(19(27)28-15)12-8-6-11(20)7-9-12/h2-9,15H,10H2,1H3,(H,25,26). The molecule has 1 heterocycles. The fraction of sp³-hybridized carbons (Fsp3) is 0.158. The van der Waals surface area contributed by atoms with Gasteiger partial charge in [0.05, 0.1) is 16.9 Å². The first-order valence-electron chi connectivity index (χ1n) is 8.18. The third-order valence-corrected chi connectivity index (χ3v) is 5.53. The molecule has 144 valence electrons. The zero-order valence-corrected chi connectivity index (χ0v) is 16.2. The molecule has 9 heteroatoms. The van der Waals surface area contributed by atoms with Gasteiger partial charge in [-0.2, -0.15) is 0 Å². The van der Waals surface area contributed by atoms with Crippen molar-refractivity contribution >= 4 is 57.8 Å². The van der Waals surface area contributed by atoms with Gasteiger partial charge in [0.2, 0.25) is 11.8 Å². The van der Waals surface area contributed by atoms with E-state index in [0.717, 1.165) is 16.7 Å². The maximum Gasteiger partial charge on any atom is 0.337 e. The van der Waals surface area contributed by atoms with Crippen LogP contribution in [0.15, 0.2) is 48.5 Å². The summed E-state index contributed by atoms with van der Waals surface area (Å²) in [6.45, 7) is 0. The van der Waals surface area contributed by atoms with E-state index in [2.05, 4.69) is 0 Å². The minimum absolute atomic E-state index is 0.0254. The summed E-state index contributed by atoms with van der Waals surface area (Å²) in [5.41, 5.74) is 0.574. The van der Waals surface area contributed by atoms with Gasteiger partial charge in [0.25, 0.3) is 5.24 Å². The van der Waals surface area contributed by atoms with Crippen LogP contribution in [0.2, 0.25) is 5.02 Å². The molecule has 1 unspecified atom stereocenters. The summed E-state index contributed by atoms with van der Waals surface area (Å²) in [5.74, 6) is -2.12. The van der Waals surface area contributed by atoms with Crippen molar-refractivity contribution in [1.82, 2.24) is 0 Å². The van der Waals surface area contributed by atoms with E-state index < -0.39 is 28.3 Å². The first-order valence-corrected chi connectivity index (χ1v) is 9.44. The van der Waals surface area contributed by atoms with Gasteiger partial charge in [0, 0.05) is 18.5 Å². The number of hydrogen-bond acceptors (Lipinski definition) is 5. The van der Waals surface area contributed by atoms with E-state index in [1.165, 1.54) is 24.1 Å². The van der Waals surface area contributed by atoms with E-state index in [1.807, 2.05) is 0 Å². The lowest BCUT2D eigenvalue weighted by Crippen LogP contribution is -2.35. The van der Waals surface area contributed by atoms with Crippen LogP contribution in [0.3, 0.4) is 0 Å². The monoisotopic (exact) mass is 418 g/mol. The van der Waals surface area contributed by atoms with E-state index in [1.54, 1.807) is 36.4 Å². The molecule has 1 aliphatic rings. The fourth-order valence-corrected chi connectivity index (χ4v) is 3.89. The van der Waals surface area contributed by atoms with Crippen LogP contribution < -0.4 is 9.80 Å². The van der Waals surface area contributed by atoms with Crippen LogP contribution in [-0.2, 0) is 9.59 Å². The summed E-state index contributed by atoms with van der Waals surface area (Å²) in [6, 6.07) is 12.3. The number of imide groups is 1. The number of halogens is 1. The summed E-state index contributed by atoms with van der Waals surface area (Å²) >= 11 is 6.60. The molecule has 0 saturated carbocycles.